The number of benzene rings is 1. The van der Waals surface area contributed by atoms with Crippen molar-refractivity contribution in [2.75, 3.05) is 0 Å². The first kappa shape index (κ1) is 10.5. The van der Waals surface area contributed by atoms with Crippen LogP contribution in [0.25, 0.3) is 0 Å². The second kappa shape index (κ2) is 4.07. The first-order valence-corrected chi connectivity index (χ1v) is 4.02. The maximum atomic E-state index is 13.1. The monoisotopic (exact) mass is 213 g/mol. The Morgan fingerprint density at radius 2 is 2.29 bits per heavy atom. The van der Waals surface area contributed by atoms with Gasteiger partial charge in [0, 0.05) is 6.07 Å². The number of phenols is 1. The molecule has 1 rings (SSSR count). The van der Waals surface area contributed by atoms with E-state index in [1.54, 1.807) is 6.07 Å². The van der Waals surface area contributed by atoms with Gasteiger partial charge >= 0.3 is 0 Å². The Bertz CT molecular complexity index is 426. The highest BCUT2D eigenvalue weighted by atomic mass is 35.5. The van der Waals surface area contributed by atoms with Gasteiger partial charge in [-0.1, -0.05) is 11.6 Å². The molecule has 3 nitrogen and oxygen atoms in total. The molecule has 1 N–H and O–H groups in total. The molecule has 0 saturated carbocycles. The number of phenolic OH excluding ortho intramolecular Hbond substituents is 1. The first-order chi connectivity index (χ1) is 6.56. The van der Waals surface area contributed by atoms with E-state index in [9.17, 15) is 9.18 Å². The van der Waals surface area contributed by atoms with Crippen LogP contribution in [0.2, 0.25) is 5.02 Å². The van der Waals surface area contributed by atoms with Crippen LogP contribution in [0.3, 0.4) is 0 Å². The molecule has 0 radical (unpaired) electrons. The average Bonchev–Trinajstić information content (AvgIpc) is 2.11. The van der Waals surface area contributed by atoms with E-state index in [2.05, 4.69) is 0 Å². The van der Waals surface area contributed by atoms with Crippen LogP contribution < -0.4 is 0 Å². The highest BCUT2D eigenvalue weighted by molar-refractivity contribution is 6.32. The molecule has 0 spiro atoms. The quantitative estimate of drug-likeness (QED) is 0.767. The molecule has 0 bridgehead atoms. The van der Waals surface area contributed by atoms with E-state index in [1.807, 2.05) is 0 Å². The fourth-order valence-electron chi connectivity index (χ4n) is 0.917. The van der Waals surface area contributed by atoms with E-state index in [-0.39, 0.29) is 10.6 Å². The maximum Gasteiger partial charge on any atom is 0.179 e. The molecule has 0 aliphatic rings. The van der Waals surface area contributed by atoms with Gasteiger partial charge < -0.3 is 5.11 Å². The van der Waals surface area contributed by atoms with Crippen molar-refractivity contribution in [2.45, 2.75) is 6.42 Å². The summed E-state index contributed by atoms with van der Waals surface area (Å²) in [5.74, 6) is -1.98. The van der Waals surface area contributed by atoms with Crippen molar-refractivity contribution in [3.63, 3.8) is 0 Å². The molecule has 72 valence electrons. The number of rotatable bonds is 2. The molecule has 0 aliphatic heterocycles. The Labute approximate surface area is 84.3 Å². The van der Waals surface area contributed by atoms with Gasteiger partial charge in [-0.15, -0.1) is 0 Å². The summed E-state index contributed by atoms with van der Waals surface area (Å²) in [5, 5.41) is 17.1. The topological polar surface area (TPSA) is 61.1 Å². The largest absolute Gasteiger partial charge is 0.506 e. The first-order valence-electron chi connectivity index (χ1n) is 3.64. The Morgan fingerprint density at radius 1 is 1.64 bits per heavy atom. The van der Waals surface area contributed by atoms with Gasteiger partial charge in [0.2, 0.25) is 0 Å². The summed E-state index contributed by atoms with van der Waals surface area (Å²) in [5.41, 5.74) is -0.283. The molecule has 0 aromatic heterocycles. The van der Waals surface area contributed by atoms with Crippen LogP contribution in [0.5, 0.6) is 5.75 Å². The Hall–Kier alpha value is -1.60. The molecule has 0 saturated heterocycles. The Kier molecular flexibility index (Phi) is 3.05. The zero-order chi connectivity index (χ0) is 10.7. The standard InChI is InChI=1S/C9H5ClFNO2/c10-6-3-5(8(13)1-2-12)7(11)4-9(6)14/h3-4,14H,1H2. The van der Waals surface area contributed by atoms with Crippen molar-refractivity contribution in [1.82, 2.24) is 0 Å². The third-order valence-corrected chi connectivity index (χ3v) is 1.88. The zero-order valence-electron chi connectivity index (χ0n) is 6.92. The molecule has 0 heterocycles. The van der Waals surface area contributed by atoms with E-state index in [4.69, 9.17) is 22.0 Å². The molecule has 5 heteroatoms. The molecule has 0 amide bonds. The number of nitrogens with zero attached hydrogens (tertiary/aromatic N) is 1. The van der Waals surface area contributed by atoms with Crippen LogP contribution in [-0.4, -0.2) is 10.9 Å². The van der Waals surface area contributed by atoms with Crippen LogP contribution in [0.1, 0.15) is 16.8 Å². The molecule has 1 aromatic carbocycles. The molecular formula is C9H5ClFNO2. The predicted octanol–water partition coefficient (Wildman–Crippen LogP) is 2.28. The van der Waals surface area contributed by atoms with E-state index in [0.29, 0.717) is 0 Å². The number of Topliss-reactive ketones (excluding diaryl/α,β-unsaturated/α-hetero) is 1. The van der Waals surface area contributed by atoms with Gasteiger partial charge in [-0.05, 0) is 6.07 Å². The van der Waals surface area contributed by atoms with E-state index in [0.717, 1.165) is 12.1 Å². The van der Waals surface area contributed by atoms with Gasteiger partial charge in [0.25, 0.3) is 0 Å². The van der Waals surface area contributed by atoms with Gasteiger partial charge in [0.05, 0.1) is 23.1 Å². The van der Waals surface area contributed by atoms with E-state index >= 15 is 0 Å². The van der Waals surface area contributed by atoms with Crippen molar-refractivity contribution in [2.24, 2.45) is 0 Å². The van der Waals surface area contributed by atoms with E-state index in [1.165, 1.54) is 0 Å². The fourth-order valence-corrected chi connectivity index (χ4v) is 1.08. The zero-order valence-corrected chi connectivity index (χ0v) is 7.68. The Balaban J connectivity index is 3.17. The number of hydrogen-bond donors (Lipinski definition) is 1. The normalized spacial score (nSPS) is 9.50. The van der Waals surface area contributed by atoms with Crippen molar-refractivity contribution in [3.05, 3.63) is 28.5 Å². The van der Waals surface area contributed by atoms with Gasteiger partial charge in [0.1, 0.15) is 11.6 Å². The van der Waals surface area contributed by atoms with Crippen molar-refractivity contribution in [3.8, 4) is 11.8 Å². The molecule has 14 heavy (non-hydrogen) atoms. The number of hydrogen-bond acceptors (Lipinski definition) is 3. The van der Waals surface area contributed by atoms with Crippen LogP contribution in [0.15, 0.2) is 12.1 Å². The molecule has 0 aliphatic carbocycles. The maximum absolute atomic E-state index is 13.1. The van der Waals surface area contributed by atoms with Crippen molar-refractivity contribution in [1.29, 1.82) is 5.26 Å². The summed E-state index contributed by atoms with van der Waals surface area (Å²) >= 11 is 5.48. The third-order valence-electron chi connectivity index (χ3n) is 1.58. The summed E-state index contributed by atoms with van der Waals surface area (Å²) in [4.78, 5) is 11.1. The number of halogens is 2. The second-order valence-electron chi connectivity index (χ2n) is 2.54. The summed E-state index contributed by atoms with van der Waals surface area (Å²) in [7, 11) is 0. The average molecular weight is 214 g/mol. The smallest absolute Gasteiger partial charge is 0.179 e. The minimum atomic E-state index is -0.882. The number of aromatic hydroxyl groups is 1. The number of ketones is 1. The Morgan fingerprint density at radius 3 is 2.86 bits per heavy atom. The lowest BCUT2D eigenvalue weighted by atomic mass is 10.1. The number of carbonyl (C=O) groups is 1. The van der Waals surface area contributed by atoms with Crippen molar-refractivity contribution < 1.29 is 14.3 Å². The van der Waals surface area contributed by atoms with E-state index < -0.39 is 23.8 Å². The van der Waals surface area contributed by atoms with Crippen LogP contribution in [-0.2, 0) is 0 Å². The highest BCUT2D eigenvalue weighted by Crippen LogP contribution is 2.26. The van der Waals surface area contributed by atoms with Gasteiger partial charge in [-0.3, -0.25) is 4.79 Å². The van der Waals surface area contributed by atoms with Crippen LogP contribution in [0, 0.1) is 17.1 Å². The summed E-state index contributed by atoms with van der Waals surface area (Å²) in [6.07, 6.45) is -0.419. The summed E-state index contributed by atoms with van der Waals surface area (Å²) in [6, 6.07) is 3.35. The highest BCUT2D eigenvalue weighted by Gasteiger charge is 2.14. The minimum absolute atomic E-state index is 0.118. The van der Waals surface area contributed by atoms with Crippen molar-refractivity contribution >= 4 is 17.4 Å². The lowest BCUT2D eigenvalue weighted by molar-refractivity contribution is 0.0994. The third kappa shape index (κ3) is 2.01. The van der Waals surface area contributed by atoms with Gasteiger partial charge in [-0.2, -0.15) is 5.26 Å². The lowest BCUT2D eigenvalue weighted by Gasteiger charge is -2.01. The second-order valence-corrected chi connectivity index (χ2v) is 2.95. The van der Waals surface area contributed by atoms with Crippen LogP contribution >= 0.6 is 11.6 Å². The van der Waals surface area contributed by atoms with Gasteiger partial charge in [0.15, 0.2) is 5.78 Å². The fraction of sp³-hybridized carbons (Fsp3) is 0.111. The summed E-state index contributed by atoms with van der Waals surface area (Å²) in [6.45, 7) is 0. The van der Waals surface area contributed by atoms with Gasteiger partial charge in [-0.25, -0.2) is 4.39 Å². The summed E-state index contributed by atoms with van der Waals surface area (Å²) < 4.78 is 13.1. The van der Waals surface area contributed by atoms with Crippen LogP contribution in [0.4, 0.5) is 4.39 Å². The molecule has 1 aromatic rings. The SMILES string of the molecule is N#CCC(=O)c1cc(Cl)c(O)cc1F. The predicted molar refractivity (Wildman–Crippen MR) is 47.6 cm³/mol. The molecule has 0 unspecified atom stereocenters. The minimum Gasteiger partial charge on any atom is -0.506 e. The molecular weight excluding hydrogens is 209 g/mol. The number of carbonyl (C=O) groups excluding carboxylic acids is 1. The molecule has 0 atom stereocenters. The molecule has 0 fully saturated rings. The lowest BCUT2D eigenvalue weighted by Crippen LogP contribution is -2.01. The number of nitriles is 1.